The van der Waals surface area contributed by atoms with Gasteiger partial charge in [0.25, 0.3) is 5.91 Å². The van der Waals surface area contributed by atoms with E-state index in [9.17, 15) is 10.3 Å². The number of ether oxygens (including phenoxy) is 2. The van der Waals surface area contributed by atoms with Crippen LogP contribution in [-0.4, -0.2) is 42.2 Å². The van der Waals surface area contributed by atoms with Gasteiger partial charge in [0.2, 0.25) is 5.90 Å². The van der Waals surface area contributed by atoms with Crippen LogP contribution >= 0.6 is 15.9 Å². The average Bonchev–Trinajstić information content (AvgIpc) is 3.45. The number of halogens is 1. The molecule has 11 heteroatoms. The third-order valence-corrected chi connectivity index (χ3v) is 7.90. The molecule has 230 valence electrons. The summed E-state index contributed by atoms with van der Waals surface area (Å²) in [6.45, 7) is 0.927. The number of benzene rings is 4. The second kappa shape index (κ2) is 15.4. The highest BCUT2D eigenvalue weighted by Crippen LogP contribution is 2.45. The summed E-state index contributed by atoms with van der Waals surface area (Å²) in [5.41, 5.74) is 17.4. The first-order chi connectivity index (χ1) is 22.0. The standard InChI is InChI=1S/C34H33BrN6O4/c35-27-15-11-24(12-16-27)19-20-37-40-33(43)34(23-25-7-2-1-3-8-25)31(29-9-4-5-10-30(29)39-41-36)45-32(38-34)26-13-17-28(18-14-26)44-22-6-21-42/h1-5,7-18,31,37,42H,6,19-23H2,(H,40,43)/t31-,34-/m0/s1. The molecule has 0 saturated carbocycles. The Morgan fingerprint density at radius 2 is 1.73 bits per heavy atom. The average molecular weight is 670 g/mol. The van der Waals surface area contributed by atoms with Crippen LogP contribution in [0.2, 0.25) is 0 Å². The number of aliphatic imine (C=N–C) groups is 1. The predicted octanol–water partition coefficient (Wildman–Crippen LogP) is 6.52. The fraction of sp³-hybridized carbons (Fsp3) is 0.235. The van der Waals surface area contributed by atoms with Crippen LogP contribution in [-0.2, 0) is 22.4 Å². The molecule has 1 heterocycles. The van der Waals surface area contributed by atoms with Gasteiger partial charge in [0, 0.05) is 52.2 Å². The van der Waals surface area contributed by atoms with Gasteiger partial charge in [-0.15, -0.1) is 0 Å². The van der Waals surface area contributed by atoms with Crippen molar-refractivity contribution in [2.75, 3.05) is 19.8 Å². The number of nitrogens with zero attached hydrogens (tertiary/aromatic N) is 4. The number of rotatable bonds is 14. The normalized spacial score (nSPS) is 17.1. The van der Waals surface area contributed by atoms with Crippen LogP contribution < -0.4 is 15.6 Å². The first-order valence-corrected chi connectivity index (χ1v) is 15.4. The molecule has 4 aromatic carbocycles. The zero-order valence-electron chi connectivity index (χ0n) is 24.5. The van der Waals surface area contributed by atoms with E-state index < -0.39 is 11.6 Å². The lowest BCUT2D eigenvalue weighted by Gasteiger charge is -2.31. The van der Waals surface area contributed by atoms with Gasteiger partial charge in [-0.1, -0.05) is 87.8 Å². The van der Waals surface area contributed by atoms with Gasteiger partial charge in [-0.05, 0) is 59.5 Å². The highest BCUT2D eigenvalue weighted by molar-refractivity contribution is 9.10. The molecule has 45 heavy (non-hydrogen) atoms. The van der Waals surface area contributed by atoms with Crippen LogP contribution in [0.5, 0.6) is 5.75 Å². The van der Waals surface area contributed by atoms with Crippen molar-refractivity contribution in [1.29, 1.82) is 0 Å². The maximum atomic E-state index is 14.3. The molecule has 1 amide bonds. The predicted molar refractivity (Wildman–Crippen MR) is 176 cm³/mol. The summed E-state index contributed by atoms with van der Waals surface area (Å²) >= 11 is 3.46. The highest BCUT2D eigenvalue weighted by atomic mass is 79.9. The second-order valence-electron chi connectivity index (χ2n) is 10.5. The summed E-state index contributed by atoms with van der Waals surface area (Å²) in [4.78, 5) is 22.4. The summed E-state index contributed by atoms with van der Waals surface area (Å²) in [5, 5.41) is 13.0. The maximum Gasteiger partial charge on any atom is 0.266 e. The Morgan fingerprint density at radius 1 is 1.00 bits per heavy atom. The number of carbonyl (C=O) groups is 1. The van der Waals surface area contributed by atoms with E-state index in [1.54, 1.807) is 30.3 Å². The smallest absolute Gasteiger partial charge is 0.266 e. The third kappa shape index (κ3) is 7.89. The largest absolute Gasteiger partial charge is 0.494 e. The fourth-order valence-electron chi connectivity index (χ4n) is 5.12. The van der Waals surface area contributed by atoms with Crippen LogP contribution in [0.25, 0.3) is 10.4 Å². The van der Waals surface area contributed by atoms with Gasteiger partial charge in [-0.2, -0.15) is 0 Å². The lowest BCUT2D eigenvalue weighted by atomic mass is 9.81. The molecule has 0 unspecified atom stereocenters. The molecule has 4 aromatic rings. The molecule has 2 atom stereocenters. The summed E-state index contributed by atoms with van der Waals surface area (Å²) in [5.74, 6) is 0.528. The van der Waals surface area contributed by atoms with Crippen molar-refractivity contribution in [1.82, 2.24) is 10.9 Å². The van der Waals surface area contributed by atoms with Gasteiger partial charge in [0.15, 0.2) is 11.6 Å². The van der Waals surface area contributed by atoms with E-state index in [2.05, 4.69) is 36.8 Å². The Balaban J connectivity index is 1.50. The van der Waals surface area contributed by atoms with Crippen LogP contribution in [0, 0.1) is 0 Å². The van der Waals surface area contributed by atoms with Crippen LogP contribution in [0.4, 0.5) is 5.69 Å². The van der Waals surface area contributed by atoms with Crippen molar-refractivity contribution in [3.05, 3.63) is 140 Å². The van der Waals surface area contributed by atoms with Crippen molar-refractivity contribution < 1.29 is 19.4 Å². The van der Waals surface area contributed by atoms with Crippen molar-refractivity contribution in [3.63, 3.8) is 0 Å². The van der Waals surface area contributed by atoms with E-state index in [4.69, 9.17) is 19.6 Å². The minimum atomic E-state index is -1.46. The molecule has 1 aliphatic rings. The van der Waals surface area contributed by atoms with E-state index in [0.29, 0.717) is 48.6 Å². The van der Waals surface area contributed by atoms with Crippen molar-refractivity contribution in [3.8, 4) is 5.75 Å². The summed E-state index contributed by atoms with van der Waals surface area (Å²) in [7, 11) is 0. The van der Waals surface area contributed by atoms with Crippen LogP contribution in [0.1, 0.15) is 34.8 Å². The van der Waals surface area contributed by atoms with Gasteiger partial charge in [0.05, 0.1) is 6.61 Å². The summed E-state index contributed by atoms with van der Waals surface area (Å²) in [6.07, 6.45) is 0.524. The molecular weight excluding hydrogens is 636 g/mol. The Morgan fingerprint density at radius 3 is 2.47 bits per heavy atom. The van der Waals surface area contributed by atoms with Gasteiger partial charge in [-0.3, -0.25) is 10.2 Å². The number of hydrogen-bond acceptors (Lipinski definition) is 7. The Bertz CT molecular complexity index is 1660. The first kappa shape index (κ1) is 31.7. The molecule has 0 bridgehead atoms. The molecule has 0 aliphatic carbocycles. The molecule has 0 fully saturated rings. The minimum absolute atomic E-state index is 0.0477. The Labute approximate surface area is 269 Å². The summed E-state index contributed by atoms with van der Waals surface area (Å²) in [6, 6.07) is 31.9. The van der Waals surface area contributed by atoms with E-state index in [1.807, 2.05) is 72.8 Å². The highest BCUT2D eigenvalue weighted by Gasteiger charge is 2.54. The number of hydrogen-bond donors (Lipinski definition) is 3. The summed E-state index contributed by atoms with van der Waals surface area (Å²) < 4.78 is 13.2. The number of amides is 1. The Hall–Kier alpha value is -4.67. The molecule has 5 rings (SSSR count). The van der Waals surface area contributed by atoms with E-state index in [1.165, 1.54) is 0 Å². The molecule has 0 spiro atoms. The minimum Gasteiger partial charge on any atom is -0.494 e. The van der Waals surface area contributed by atoms with Gasteiger partial charge >= 0.3 is 0 Å². The van der Waals surface area contributed by atoms with Crippen molar-refractivity contribution in [2.45, 2.75) is 30.9 Å². The second-order valence-corrected chi connectivity index (χ2v) is 11.4. The van der Waals surface area contributed by atoms with E-state index in [-0.39, 0.29) is 24.8 Å². The molecule has 10 nitrogen and oxygen atoms in total. The number of azide groups is 1. The van der Waals surface area contributed by atoms with Crippen LogP contribution in [0.15, 0.2) is 118 Å². The van der Waals surface area contributed by atoms with Crippen LogP contribution in [0.3, 0.4) is 0 Å². The number of carbonyl (C=O) groups excluding carboxylic acids is 1. The zero-order valence-corrected chi connectivity index (χ0v) is 26.1. The van der Waals surface area contributed by atoms with Crippen molar-refractivity contribution >= 4 is 33.4 Å². The maximum absolute atomic E-state index is 14.3. The molecule has 0 aromatic heterocycles. The molecule has 1 aliphatic heterocycles. The monoisotopic (exact) mass is 668 g/mol. The molecule has 0 radical (unpaired) electrons. The molecule has 0 saturated heterocycles. The number of hydrazine groups is 1. The lowest BCUT2D eigenvalue weighted by molar-refractivity contribution is -0.130. The van der Waals surface area contributed by atoms with Gasteiger partial charge < -0.3 is 14.6 Å². The Kier molecular flexibility index (Phi) is 10.8. The van der Waals surface area contributed by atoms with Crippen molar-refractivity contribution in [2.24, 2.45) is 10.1 Å². The SMILES string of the molecule is [N-]=[N+]=Nc1ccccc1[C@@H]1OC(c2ccc(OCCCO)cc2)=N[C@]1(Cc1ccccc1)C(=O)NNCCc1ccc(Br)cc1. The van der Waals surface area contributed by atoms with Gasteiger partial charge in [0.1, 0.15) is 5.75 Å². The number of aliphatic hydroxyl groups excluding tert-OH is 1. The quantitative estimate of drug-likeness (QED) is 0.0461. The fourth-order valence-corrected chi connectivity index (χ4v) is 5.39. The number of nitrogens with one attached hydrogen (secondary N) is 2. The first-order valence-electron chi connectivity index (χ1n) is 14.6. The van der Waals surface area contributed by atoms with E-state index >= 15 is 0 Å². The third-order valence-electron chi connectivity index (χ3n) is 7.37. The van der Waals surface area contributed by atoms with E-state index in [0.717, 1.165) is 15.6 Å². The van der Waals surface area contributed by atoms with Gasteiger partial charge in [-0.25, -0.2) is 10.4 Å². The zero-order chi connectivity index (χ0) is 31.5. The number of aliphatic hydroxyl groups is 1. The molecular formula is C34H33BrN6O4. The molecule has 3 N–H and O–H groups in total. The lowest BCUT2D eigenvalue weighted by Crippen LogP contribution is -2.54. The topological polar surface area (TPSA) is 141 Å².